The van der Waals surface area contributed by atoms with Crippen LogP contribution >= 0.6 is 0 Å². The second kappa shape index (κ2) is 4.87. The zero-order chi connectivity index (χ0) is 13.3. The number of anilines is 1. The molecule has 0 aromatic heterocycles. The zero-order valence-corrected chi connectivity index (χ0v) is 11.6. The van der Waals surface area contributed by atoms with E-state index in [-0.39, 0.29) is 0 Å². The van der Waals surface area contributed by atoms with Gasteiger partial charge in [0.1, 0.15) is 0 Å². The molecule has 0 unspecified atom stereocenters. The van der Waals surface area contributed by atoms with Crippen LogP contribution in [0.15, 0.2) is 18.2 Å². The largest absolute Gasteiger partial charge is 0.399 e. The van der Waals surface area contributed by atoms with Crippen molar-refractivity contribution in [3.8, 4) is 0 Å². The predicted octanol–water partition coefficient (Wildman–Crippen LogP) is 1.17. The summed E-state index contributed by atoms with van der Waals surface area (Å²) in [5.74, 6) is 0. The monoisotopic (exact) mass is 269 g/mol. The van der Waals surface area contributed by atoms with Gasteiger partial charge in [0.25, 0.3) is 10.2 Å². The third-order valence-corrected chi connectivity index (χ3v) is 5.36. The van der Waals surface area contributed by atoms with Crippen LogP contribution in [0.5, 0.6) is 0 Å². The van der Waals surface area contributed by atoms with Gasteiger partial charge in [0.05, 0.1) is 0 Å². The molecule has 18 heavy (non-hydrogen) atoms. The van der Waals surface area contributed by atoms with Gasteiger partial charge in [0.15, 0.2) is 0 Å². The lowest BCUT2D eigenvalue weighted by molar-refractivity contribution is 0.356. The van der Waals surface area contributed by atoms with E-state index in [9.17, 15) is 8.42 Å². The molecule has 1 heterocycles. The Kier molecular flexibility index (Phi) is 3.61. The van der Waals surface area contributed by atoms with E-state index in [1.165, 1.54) is 8.61 Å². The third kappa shape index (κ3) is 2.23. The van der Waals surface area contributed by atoms with Crippen molar-refractivity contribution < 1.29 is 8.42 Å². The first kappa shape index (κ1) is 13.3. The molecule has 0 bridgehead atoms. The highest BCUT2D eigenvalue weighted by Crippen LogP contribution is 2.27. The predicted molar refractivity (Wildman–Crippen MR) is 71.9 cm³/mol. The number of benzene rings is 1. The van der Waals surface area contributed by atoms with Crippen molar-refractivity contribution in [2.24, 2.45) is 0 Å². The molecule has 0 aliphatic carbocycles. The van der Waals surface area contributed by atoms with Gasteiger partial charge >= 0.3 is 0 Å². The fourth-order valence-electron chi connectivity index (χ4n) is 2.26. The molecule has 2 N–H and O–H groups in total. The Bertz CT molecular complexity index is 538. The van der Waals surface area contributed by atoms with Crippen molar-refractivity contribution in [2.45, 2.75) is 26.9 Å². The van der Waals surface area contributed by atoms with Gasteiger partial charge in [-0.1, -0.05) is 19.9 Å². The Labute approximate surface area is 108 Å². The average Bonchev–Trinajstić information content (AvgIpc) is 2.73. The van der Waals surface area contributed by atoms with E-state index in [0.29, 0.717) is 31.9 Å². The highest BCUT2D eigenvalue weighted by molar-refractivity contribution is 7.86. The van der Waals surface area contributed by atoms with Crippen LogP contribution in [0.1, 0.15) is 25.0 Å². The van der Waals surface area contributed by atoms with Gasteiger partial charge in [-0.15, -0.1) is 0 Å². The Morgan fingerprint density at radius 3 is 2.44 bits per heavy atom. The van der Waals surface area contributed by atoms with Gasteiger partial charge in [-0.3, -0.25) is 0 Å². The average molecular weight is 269 g/mol. The quantitative estimate of drug-likeness (QED) is 0.834. The Balaban J connectivity index is 2.25. The van der Waals surface area contributed by atoms with E-state index in [4.69, 9.17) is 5.73 Å². The Morgan fingerprint density at radius 2 is 1.83 bits per heavy atom. The smallest absolute Gasteiger partial charge is 0.282 e. The minimum atomic E-state index is -3.36. The highest BCUT2D eigenvalue weighted by Gasteiger charge is 2.32. The number of nitrogens with two attached hydrogens (primary N) is 1. The van der Waals surface area contributed by atoms with E-state index in [0.717, 1.165) is 11.1 Å². The molecular weight excluding hydrogens is 250 g/mol. The van der Waals surface area contributed by atoms with Crippen molar-refractivity contribution in [1.29, 1.82) is 0 Å². The molecule has 5 nitrogen and oxygen atoms in total. The lowest BCUT2D eigenvalue weighted by Crippen LogP contribution is -2.41. The van der Waals surface area contributed by atoms with Gasteiger partial charge in [-0.25, -0.2) is 0 Å². The summed E-state index contributed by atoms with van der Waals surface area (Å²) in [6, 6.07) is 5.57. The Morgan fingerprint density at radius 1 is 1.22 bits per heavy atom. The van der Waals surface area contributed by atoms with E-state index in [2.05, 4.69) is 0 Å². The molecule has 2 rings (SSSR count). The van der Waals surface area contributed by atoms with Crippen molar-refractivity contribution in [3.63, 3.8) is 0 Å². The van der Waals surface area contributed by atoms with Gasteiger partial charge < -0.3 is 5.73 Å². The van der Waals surface area contributed by atoms with Crippen molar-refractivity contribution in [1.82, 2.24) is 8.61 Å². The highest BCUT2D eigenvalue weighted by atomic mass is 32.2. The third-order valence-electron chi connectivity index (χ3n) is 3.28. The van der Waals surface area contributed by atoms with Crippen LogP contribution in [0.2, 0.25) is 0 Å². The normalized spacial score (nSPS) is 16.2. The van der Waals surface area contributed by atoms with E-state index >= 15 is 0 Å². The second-order valence-electron chi connectivity index (χ2n) is 4.39. The van der Waals surface area contributed by atoms with Crippen LogP contribution in [0.4, 0.5) is 5.69 Å². The van der Waals surface area contributed by atoms with Gasteiger partial charge in [0.2, 0.25) is 0 Å². The molecule has 1 aromatic carbocycles. The minimum Gasteiger partial charge on any atom is -0.399 e. The molecular formula is C12H19N3O2S. The SMILES string of the molecule is CCN(CC)S(=O)(=O)N1Cc2ccc(N)cc2C1. The zero-order valence-electron chi connectivity index (χ0n) is 10.8. The topological polar surface area (TPSA) is 66.6 Å². The summed E-state index contributed by atoms with van der Waals surface area (Å²) in [7, 11) is -3.36. The first-order valence-corrected chi connectivity index (χ1v) is 7.51. The number of rotatable bonds is 4. The lowest BCUT2D eigenvalue weighted by atomic mass is 10.1. The number of fused-ring (bicyclic) bond motifs is 1. The summed E-state index contributed by atoms with van der Waals surface area (Å²) < 4.78 is 27.7. The molecule has 1 aromatic rings. The summed E-state index contributed by atoms with van der Waals surface area (Å²) >= 11 is 0. The molecule has 0 saturated carbocycles. The van der Waals surface area contributed by atoms with Crippen molar-refractivity contribution in [3.05, 3.63) is 29.3 Å². The molecule has 0 atom stereocenters. The molecule has 0 fully saturated rings. The summed E-state index contributed by atoms with van der Waals surface area (Å²) in [6.45, 7) is 5.54. The van der Waals surface area contributed by atoms with Crippen LogP contribution in [-0.2, 0) is 23.3 Å². The number of hydrogen-bond acceptors (Lipinski definition) is 3. The molecule has 0 saturated heterocycles. The minimum absolute atomic E-state index is 0.416. The Hall–Kier alpha value is -1.11. The standard InChI is InChI=1S/C12H19N3O2S/c1-3-14(4-2)18(16,17)15-8-10-5-6-12(13)7-11(10)9-15/h5-7H,3-4,8-9,13H2,1-2H3. The van der Waals surface area contributed by atoms with Crippen molar-refractivity contribution >= 4 is 15.9 Å². The van der Waals surface area contributed by atoms with Crippen LogP contribution in [0, 0.1) is 0 Å². The first-order chi connectivity index (χ1) is 8.48. The number of nitrogen functional groups attached to an aromatic ring is 1. The summed E-state index contributed by atoms with van der Waals surface area (Å²) in [6.07, 6.45) is 0. The van der Waals surface area contributed by atoms with E-state index in [1.54, 1.807) is 0 Å². The maximum Gasteiger partial charge on any atom is 0.282 e. The van der Waals surface area contributed by atoms with Gasteiger partial charge in [-0.05, 0) is 23.3 Å². The van der Waals surface area contributed by atoms with E-state index in [1.807, 2.05) is 32.0 Å². The molecule has 0 radical (unpaired) electrons. The number of nitrogens with zero attached hydrogens (tertiary/aromatic N) is 2. The molecule has 0 spiro atoms. The summed E-state index contributed by atoms with van der Waals surface area (Å²) in [5.41, 5.74) is 8.44. The van der Waals surface area contributed by atoms with Crippen LogP contribution in [0.25, 0.3) is 0 Å². The molecule has 1 aliphatic heterocycles. The lowest BCUT2D eigenvalue weighted by Gasteiger charge is -2.24. The summed E-state index contributed by atoms with van der Waals surface area (Å²) in [4.78, 5) is 0. The van der Waals surface area contributed by atoms with Crippen LogP contribution in [-0.4, -0.2) is 30.1 Å². The van der Waals surface area contributed by atoms with Gasteiger partial charge in [0, 0.05) is 31.9 Å². The molecule has 100 valence electrons. The maximum absolute atomic E-state index is 12.4. The molecule has 6 heteroatoms. The van der Waals surface area contributed by atoms with E-state index < -0.39 is 10.2 Å². The van der Waals surface area contributed by atoms with Crippen LogP contribution in [0.3, 0.4) is 0 Å². The number of hydrogen-bond donors (Lipinski definition) is 1. The van der Waals surface area contributed by atoms with Gasteiger partial charge in [-0.2, -0.15) is 17.0 Å². The first-order valence-electron chi connectivity index (χ1n) is 6.11. The summed E-state index contributed by atoms with van der Waals surface area (Å²) in [5, 5.41) is 0. The van der Waals surface area contributed by atoms with Crippen LogP contribution < -0.4 is 5.73 Å². The fourth-order valence-corrected chi connectivity index (χ4v) is 3.84. The second-order valence-corrected chi connectivity index (χ2v) is 6.32. The molecule has 1 aliphatic rings. The molecule has 0 amide bonds. The van der Waals surface area contributed by atoms with Crippen molar-refractivity contribution in [2.75, 3.05) is 18.8 Å². The maximum atomic E-state index is 12.4. The fraction of sp³-hybridized carbons (Fsp3) is 0.500.